The number of likely N-dealkylation sites (tertiary alicyclic amines) is 1. The lowest BCUT2D eigenvalue weighted by atomic mass is 10.0. The lowest BCUT2D eigenvalue weighted by Crippen LogP contribution is -2.39. The quantitative estimate of drug-likeness (QED) is 0.486. The lowest BCUT2D eigenvalue weighted by Gasteiger charge is -2.31. The highest BCUT2D eigenvalue weighted by molar-refractivity contribution is 5.99. The number of hydrogen-bond acceptors (Lipinski definition) is 5. The van der Waals surface area contributed by atoms with Crippen LogP contribution in [-0.4, -0.2) is 55.1 Å². The zero-order valence-corrected chi connectivity index (χ0v) is 20.8. The Morgan fingerprint density at radius 2 is 1.87 bits per heavy atom. The average Bonchev–Trinajstić information content (AvgIpc) is 3.65. The van der Waals surface area contributed by atoms with E-state index in [1.54, 1.807) is 0 Å². The molecule has 1 amide bonds. The summed E-state index contributed by atoms with van der Waals surface area (Å²) in [5.41, 5.74) is -4.48. The van der Waals surface area contributed by atoms with Crippen molar-refractivity contribution < 1.29 is 35.9 Å². The fourth-order valence-corrected chi connectivity index (χ4v) is 4.69. The van der Waals surface area contributed by atoms with Gasteiger partial charge < -0.3 is 24.8 Å². The van der Waals surface area contributed by atoms with Crippen molar-refractivity contribution in [3.63, 3.8) is 0 Å². The van der Waals surface area contributed by atoms with Crippen LogP contribution in [0.25, 0.3) is 0 Å². The molecule has 2 fully saturated rings. The molecule has 2 aliphatic rings. The SMILES string of the molecule is COc1ccc(CNC(=O)c2cn(C3(C(F)F)CC3)c(=O)cc2NC2CCN(C)CC2)c(F)c1C(F)(F)F. The topological polar surface area (TPSA) is 75.6 Å². The second-order valence-electron chi connectivity index (χ2n) is 9.73. The van der Waals surface area contributed by atoms with E-state index in [-0.39, 0.29) is 30.1 Å². The van der Waals surface area contributed by atoms with Crippen molar-refractivity contribution in [1.29, 1.82) is 0 Å². The lowest BCUT2D eigenvalue weighted by molar-refractivity contribution is -0.141. The Labute approximate surface area is 214 Å². The van der Waals surface area contributed by atoms with Gasteiger partial charge in [-0.2, -0.15) is 13.2 Å². The molecular weight excluding hydrogens is 518 g/mol. The monoisotopic (exact) mass is 546 g/mol. The number of carbonyl (C=O) groups excluding carboxylic acids is 1. The van der Waals surface area contributed by atoms with Gasteiger partial charge in [0.05, 0.1) is 18.4 Å². The van der Waals surface area contributed by atoms with E-state index in [2.05, 4.69) is 20.3 Å². The van der Waals surface area contributed by atoms with Gasteiger partial charge in [0.2, 0.25) is 0 Å². The van der Waals surface area contributed by atoms with Crippen LogP contribution in [0.2, 0.25) is 0 Å². The van der Waals surface area contributed by atoms with E-state index in [4.69, 9.17) is 0 Å². The first-order chi connectivity index (χ1) is 17.9. The number of carbonyl (C=O) groups is 1. The van der Waals surface area contributed by atoms with E-state index in [9.17, 15) is 35.9 Å². The molecule has 0 bridgehead atoms. The van der Waals surface area contributed by atoms with Gasteiger partial charge in [-0.3, -0.25) is 9.59 Å². The fourth-order valence-electron chi connectivity index (χ4n) is 4.69. The summed E-state index contributed by atoms with van der Waals surface area (Å²) in [4.78, 5) is 28.1. The van der Waals surface area contributed by atoms with E-state index in [0.29, 0.717) is 12.8 Å². The van der Waals surface area contributed by atoms with Crippen molar-refractivity contribution in [2.75, 3.05) is 32.6 Å². The number of amides is 1. The van der Waals surface area contributed by atoms with E-state index in [0.717, 1.165) is 49.2 Å². The van der Waals surface area contributed by atoms with Crippen molar-refractivity contribution in [1.82, 2.24) is 14.8 Å². The van der Waals surface area contributed by atoms with Gasteiger partial charge in [0.1, 0.15) is 22.7 Å². The summed E-state index contributed by atoms with van der Waals surface area (Å²) < 4.78 is 88.0. The minimum atomic E-state index is -5.04. The van der Waals surface area contributed by atoms with Crippen LogP contribution in [0, 0.1) is 5.82 Å². The van der Waals surface area contributed by atoms with E-state index in [1.807, 2.05) is 7.05 Å². The number of methoxy groups -OCH3 is 1. The molecule has 2 N–H and O–H groups in total. The van der Waals surface area contributed by atoms with Crippen LogP contribution in [0.3, 0.4) is 0 Å². The molecule has 1 aliphatic carbocycles. The zero-order chi connectivity index (χ0) is 27.8. The third kappa shape index (κ3) is 5.47. The molecule has 1 saturated carbocycles. The second-order valence-corrected chi connectivity index (χ2v) is 9.73. The number of aromatic nitrogens is 1. The van der Waals surface area contributed by atoms with Crippen molar-refractivity contribution in [2.45, 2.75) is 56.4 Å². The molecule has 1 aliphatic heterocycles. The third-order valence-corrected chi connectivity index (χ3v) is 7.15. The highest BCUT2D eigenvalue weighted by Crippen LogP contribution is 2.48. The molecule has 13 heteroatoms. The van der Waals surface area contributed by atoms with E-state index in [1.165, 1.54) is 0 Å². The number of ether oxygens (including phenoxy) is 1. The Morgan fingerprint density at radius 3 is 2.42 bits per heavy atom. The van der Waals surface area contributed by atoms with Gasteiger partial charge >= 0.3 is 6.18 Å². The van der Waals surface area contributed by atoms with Gasteiger partial charge in [-0.05, 0) is 51.9 Å². The first kappa shape index (κ1) is 27.8. The summed E-state index contributed by atoms with van der Waals surface area (Å²) in [7, 11) is 2.93. The van der Waals surface area contributed by atoms with E-state index < -0.39 is 58.8 Å². The molecule has 7 nitrogen and oxygen atoms in total. The molecule has 0 spiro atoms. The molecule has 0 unspecified atom stereocenters. The van der Waals surface area contributed by atoms with Crippen molar-refractivity contribution in [3.05, 3.63) is 57.3 Å². The molecular formula is C25H28F6N4O3. The van der Waals surface area contributed by atoms with Crippen LogP contribution in [0.15, 0.2) is 29.2 Å². The molecule has 38 heavy (non-hydrogen) atoms. The zero-order valence-electron chi connectivity index (χ0n) is 20.8. The van der Waals surface area contributed by atoms with Crippen molar-refractivity contribution in [2.24, 2.45) is 0 Å². The number of rotatable bonds is 8. The summed E-state index contributed by atoms with van der Waals surface area (Å²) in [6.45, 7) is 0.913. The minimum absolute atomic E-state index is 0.0602. The Balaban J connectivity index is 1.64. The summed E-state index contributed by atoms with van der Waals surface area (Å²) >= 11 is 0. The van der Waals surface area contributed by atoms with Gasteiger partial charge in [-0.15, -0.1) is 0 Å². The van der Waals surface area contributed by atoms with Gasteiger partial charge in [0.25, 0.3) is 17.9 Å². The minimum Gasteiger partial charge on any atom is -0.496 e. The predicted molar refractivity (Wildman–Crippen MR) is 127 cm³/mol. The van der Waals surface area contributed by atoms with Crippen LogP contribution >= 0.6 is 0 Å². The second kappa shape index (κ2) is 10.5. The average molecular weight is 547 g/mol. The summed E-state index contributed by atoms with van der Waals surface area (Å²) in [6, 6.07) is 3.00. The number of hydrogen-bond donors (Lipinski definition) is 2. The molecule has 1 aromatic carbocycles. The maximum atomic E-state index is 14.8. The molecule has 2 heterocycles. The number of halogens is 6. The largest absolute Gasteiger partial charge is 0.496 e. The van der Waals surface area contributed by atoms with Gasteiger partial charge in [-0.1, -0.05) is 6.07 Å². The summed E-state index contributed by atoms with van der Waals surface area (Å²) in [6.07, 6.45) is -5.28. The number of nitrogens with zero attached hydrogens (tertiary/aromatic N) is 2. The Bertz CT molecular complexity index is 1250. The van der Waals surface area contributed by atoms with Crippen LogP contribution in [0.5, 0.6) is 5.75 Å². The molecule has 2 aromatic rings. The number of piperidine rings is 1. The van der Waals surface area contributed by atoms with Crippen molar-refractivity contribution in [3.8, 4) is 5.75 Å². The van der Waals surface area contributed by atoms with Gasteiger partial charge in [0.15, 0.2) is 0 Å². The normalized spacial score (nSPS) is 17.9. The van der Waals surface area contributed by atoms with Crippen molar-refractivity contribution >= 4 is 11.6 Å². The highest BCUT2D eigenvalue weighted by atomic mass is 19.4. The van der Waals surface area contributed by atoms with Gasteiger partial charge in [-0.25, -0.2) is 13.2 Å². The molecule has 0 atom stereocenters. The fraction of sp³-hybridized carbons (Fsp3) is 0.520. The first-order valence-electron chi connectivity index (χ1n) is 12.1. The Kier molecular flexibility index (Phi) is 7.69. The molecule has 1 aromatic heterocycles. The Hall–Kier alpha value is -3.22. The van der Waals surface area contributed by atoms with E-state index >= 15 is 0 Å². The molecule has 1 saturated heterocycles. The van der Waals surface area contributed by atoms with Crippen LogP contribution in [0.1, 0.15) is 47.2 Å². The maximum absolute atomic E-state index is 14.8. The highest BCUT2D eigenvalue weighted by Gasteiger charge is 2.53. The van der Waals surface area contributed by atoms with Crippen LogP contribution in [-0.2, 0) is 18.3 Å². The smallest absolute Gasteiger partial charge is 0.422 e. The number of alkyl halides is 5. The predicted octanol–water partition coefficient (Wildman–Crippen LogP) is 4.21. The standard InChI is InChI=1S/C25H28F6N4O3/c1-34-9-5-15(6-10-34)33-17-11-19(36)35(24(7-8-24)23(27)28)13-16(17)22(37)32-12-14-3-4-18(38-2)20(21(14)26)25(29,30)31/h3-4,11,13,15,23,33H,5-10,12H2,1-2H3,(H,32,37). The summed E-state index contributed by atoms with van der Waals surface area (Å²) in [5, 5.41) is 5.51. The first-order valence-corrected chi connectivity index (χ1v) is 12.1. The van der Waals surface area contributed by atoms with Crippen LogP contribution < -0.4 is 20.9 Å². The number of benzene rings is 1. The maximum Gasteiger partial charge on any atom is 0.422 e. The van der Waals surface area contributed by atoms with Crippen LogP contribution in [0.4, 0.5) is 32.0 Å². The molecule has 4 rings (SSSR count). The van der Waals surface area contributed by atoms with Gasteiger partial charge in [0, 0.05) is 30.4 Å². The number of pyridine rings is 1. The third-order valence-electron chi connectivity index (χ3n) is 7.15. The number of nitrogens with one attached hydrogen (secondary N) is 2. The number of anilines is 1. The molecule has 208 valence electrons. The molecule has 0 radical (unpaired) electrons. The summed E-state index contributed by atoms with van der Waals surface area (Å²) in [5.74, 6) is -3.16. The Morgan fingerprint density at radius 1 is 1.21 bits per heavy atom.